The second-order valence-electron chi connectivity index (χ2n) is 7.09. The zero-order chi connectivity index (χ0) is 18.4. The Morgan fingerprint density at radius 3 is 2.85 bits per heavy atom. The van der Waals surface area contributed by atoms with Gasteiger partial charge >= 0.3 is 5.97 Å². The fourth-order valence-corrected chi connectivity index (χ4v) is 4.49. The number of ether oxygens (including phenoxy) is 2. The van der Waals surface area contributed by atoms with Crippen LogP contribution in [-0.2, 0) is 22.6 Å². The summed E-state index contributed by atoms with van der Waals surface area (Å²) < 4.78 is 12.9. The summed E-state index contributed by atoms with van der Waals surface area (Å²) in [5.41, 5.74) is 6.38. The van der Waals surface area contributed by atoms with Gasteiger partial charge in [-0.2, -0.15) is 0 Å². The largest absolute Gasteiger partial charge is 0.489 e. The van der Waals surface area contributed by atoms with Crippen LogP contribution >= 0.6 is 15.9 Å². The smallest absolute Gasteiger partial charge is 0.334 e. The van der Waals surface area contributed by atoms with Crippen LogP contribution < -0.4 is 4.74 Å². The number of fused-ring (bicyclic) bond motifs is 3. The minimum atomic E-state index is -0.260. The van der Waals surface area contributed by atoms with Gasteiger partial charge in [0.05, 0.1) is 0 Å². The zero-order valence-electron chi connectivity index (χ0n) is 15.0. The Morgan fingerprint density at radius 1 is 1.31 bits per heavy atom. The number of esters is 1. The lowest BCUT2D eigenvalue weighted by atomic mass is 9.76. The van der Waals surface area contributed by atoms with E-state index in [2.05, 4.69) is 42.4 Å². The summed E-state index contributed by atoms with van der Waals surface area (Å²) in [4.78, 5) is 12.0. The topological polar surface area (TPSA) is 35.5 Å². The molecule has 2 aromatic rings. The Bertz CT molecular complexity index is 916. The monoisotopic (exact) mass is 412 g/mol. The standard InChI is InChI=1S/C22H21BrO3/c1-12-10-19(25-11-15-6-4-5-7-18(15)23)14(3)20-16(12)8-9-17-13(2)22(24)26-21(17)20/h4-7,10,17,21H,2,8-9,11H2,1,3H3/t17-,21?/m0/s1. The van der Waals surface area contributed by atoms with Gasteiger partial charge in [-0.3, -0.25) is 0 Å². The summed E-state index contributed by atoms with van der Waals surface area (Å²) in [5.74, 6) is 0.683. The average Bonchev–Trinajstić information content (AvgIpc) is 2.92. The molecule has 2 atom stereocenters. The highest BCUT2D eigenvalue weighted by Crippen LogP contribution is 2.49. The Kier molecular flexibility index (Phi) is 4.39. The Balaban J connectivity index is 1.69. The quantitative estimate of drug-likeness (QED) is 0.502. The van der Waals surface area contributed by atoms with Gasteiger partial charge in [-0.05, 0) is 55.5 Å². The molecule has 0 bridgehead atoms. The van der Waals surface area contributed by atoms with E-state index in [1.54, 1.807) is 0 Å². The second kappa shape index (κ2) is 6.58. The van der Waals surface area contributed by atoms with Gasteiger partial charge in [0, 0.05) is 27.1 Å². The van der Waals surface area contributed by atoms with Gasteiger partial charge in [0.1, 0.15) is 18.5 Å². The van der Waals surface area contributed by atoms with E-state index in [9.17, 15) is 4.79 Å². The highest BCUT2D eigenvalue weighted by molar-refractivity contribution is 9.10. The van der Waals surface area contributed by atoms with E-state index in [1.165, 1.54) is 11.1 Å². The first-order valence-electron chi connectivity index (χ1n) is 8.86. The predicted molar refractivity (Wildman–Crippen MR) is 104 cm³/mol. The highest BCUT2D eigenvalue weighted by atomic mass is 79.9. The molecule has 0 amide bonds. The Morgan fingerprint density at radius 2 is 2.08 bits per heavy atom. The van der Waals surface area contributed by atoms with Crippen LogP contribution in [0, 0.1) is 19.8 Å². The number of halogens is 1. The Labute approximate surface area is 162 Å². The maximum absolute atomic E-state index is 12.0. The van der Waals surface area contributed by atoms with Gasteiger partial charge in [-0.15, -0.1) is 0 Å². The molecule has 0 aromatic heterocycles. The SMILES string of the molecule is C=C1C(=O)OC2c3c(C)c(OCc4ccccc4Br)cc(C)c3CC[C@@H]12. The summed E-state index contributed by atoms with van der Waals surface area (Å²) in [7, 11) is 0. The van der Waals surface area contributed by atoms with E-state index < -0.39 is 0 Å². The third-order valence-electron chi connectivity index (χ3n) is 5.56. The van der Waals surface area contributed by atoms with Gasteiger partial charge in [-0.1, -0.05) is 40.7 Å². The zero-order valence-corrected chi connectivity index (χ0v) is 16.6. The molecule has 1 aliphatic heterocycles. The number of aryl methyl sites for hydroxylation is 1. The predicted octanol–water partition coefficient (Wildman–Crippen LogP) is 5.36. The molecule has 0 spiro atoms. The maximum Gasteiger partial charge on any atom is 0.334 e. The molecule has 0 saturated carbocycles. The van der Waals surface area contributed by atoms with Crippen LogP contribution in [0.4, 0.5) is 0 Å². The van der Waals surface area contributed by atoms with Gasteiger partial charge < -0.3 is 9.47 Å². The van der Waals surface area contributed by atoms with Gasteiger partial charge in [0.2, 0.25) is 0 Å². The van der Waals surface area contributed by atoms with Crippen molar-refractivity contribution < 1.29 is 14.3 Å². The van der Waals surface area contributed by atoms with Gasteiger partial charge in [0.15, 0.2) is 0 Å². The van der Waals surface area contributed by atoms with E-state index >= 15 is 0 Å². The van der Waals surface area contributed by atoms with E-state index in [4.69, 9.17) is 9.47 Å². The van der Waals surface area contributed by atoms with E-state index in [1.807, 2.05) is 24.3 Å². The van der Waals surface area contributed by atoms with Crippen LogP contribution in [0.3, 0.4) is 0 Å². The first-order valence-corrected chi connectivity index (χ1v) is 9.65. The molecule has 1 aliphatic carbocycles. The molecule has 0 N–H and O–H groups in total. The number of rotatable bonds is 3. The number of carbonyl (C=O) groups is 1. The minimum Gasteiger partial charge on any atom is -0.489 e. The normalized spacial score (nSPS) is 21.2. The third kappa shape index (κ3) is 2.77. The van der Waals surface area contributed by atoms with Crippen molar-refractivity contribution in [3.63, 3.8) is 0 Å². The summed E-state index contributed by atoms with van der Waals surface area (Å²) in [5, 5.41) is 0. The van der Waals surface area contributed by atoms with Crippen molar-refractivity contribution in [2.45, 2.75) is 39.4 Å². The molecule has 1 saturated heterocycles. The van der Waals surface area contributed by atoms with Crippen LogP contribution in [-0.4, -0.2) is 5.97 Å². The number of hydrogen-bond acceptors (Lipinski definition) is 3. The average molecular weight is 413 g/mol. The number of hydrogen-bond donors (Lipinski definition) is 0. The molecule has 1 heterocycles. The molecular weight excluding hydrogens is 392 g/mol. The van der Waals surface area contributed by atoms with Crippen molar-refractivity contribution >= 4 is 21.9 Å². The first kappa shape index (κ1) is 17.3. The van der Waals surface area contributed by atoms with Crippen molar-refractivity contribution in [1.29, 1.82) is 0 Å². The molecule has 2 aromatic carbocycles. The molecule has 3 nitrogen and oxygen atoms in total. The fraction of sp³-hybridized carbons (Fsp3) is 0.318. The molecule has 4 heteroatoms. The Hall–Kier alpha value is -2.07. The highest BCUT2D eigenvalue weighted by Gasteiger charge is 2.44. The molecule has 2 aliphatic rings. The fourth-order valence-electron chi connectivity index (χ4n) is 4.09. The van der Waals surface area contributed by atoms with Crippen LogP contribution in [0.15, 0.2) is 47.0 Å². The first-order chi connectivity index (χ1) is 12.5. The van der Waals surface area contributed by atoms with E-state index in [-0.39, 0.29) is 18.0 Å². The van der Waals surface area contributed by atoms with Gasteiger partial charge in [-0.25, -0.2) is 4.79 Å². The molecule has 0 radical (unpaired) electrons. The summed E-state index contributed by atoms with van der Waals surface area (Å²) in [6.45, 7) is 8.60. The lowest BCUT2D eigenvalue weighted by Gasteiger charge is -2.30. The van der Waals surface area contributed by atoms with Crippen molar-refractivity contribution in [2.24, 2.45) is 5.92 Å². The number of benzene rings is 2. The van der Waals surface area contributed by atoms with Crippen molar-refractivity contribution in [1.82, 2.24) is 0 Å². The van der Waals surface area contributed by atoms with E-state index in [0.717, 1.165) is 39.8 Å². The maximum atomic E-state index is 12.0. The van der Waals surface area contributed by atoms with E-state index in [0.29, 0.717) is 12.2 Å². The molecular formula is C22H21BrO3. The number of carbonyl (C=O) groups excluding carboxylic acids is 1. The van der Waals surface area contributed by atoms with Crippen LogP contribution in [0.2, 0.25) is 0 Å². The summed E-state index contributed by atoms with van der Waals surface area (Å²) in [6, 6.07) is 10.2. The molecule has 1 fully saturated rings. The summed E-state index contributed by atoms with van der Waals surface area (Å²) >= 11 is 3.57. The third-order valence-corrected chi connectivity index (χ3v) is 6.34. The summed E-state index contributed by atoms with van der Waals surface area (Å²) in [6.07, 6.45) is 1.65. The van der Waals surface area contributed by atoms with Gasteiger partial charge in [0.25, 0.3) is 0 Å². The minimum absolute atomic E-state index is 0.0895. The van der Waals surface area contributed by atoms with Crippen LogP contribution in [0.1, 0.15) is 40.3 Å². The second-order valence-corrected chi connectivity index (χ2v) is 7.94. The molecule has 1 unspecified atom stereocenters. The van der Waals surface area contributed by atoms with Crippen molar-refractivity contribution in [2.75, 3.05) is 0 Å². The van der Waals surface area contributed by atoms with Crippen LogP contribution in [0.25, 0.3) is 0 Å². The van der Waals surface area contributed by atoms with Crippen molar-refractivity contribution in [3.8, 4) is 5.75 Å². The van der Waals surface area contributed by atoms with Crippen LogP contribution in [0.5, 0.6) is 5.75 Å². The molecule has 134 valence electrons. The lowest BCUT2D eigenvalue weighted by Crippen LogP contribution is -2.20. The molecule has 26 heavy (non-hydrogen) atoms. The lowest BCUT2D eigenvalue weighted by molar-refractivity contribution is -0.139. The van der Waals surface area contributed by atoms with Crippen molar-refractivity contribution in [3.05, 3.63) is 74.8 Å². The molecule has 4 rings (SSSR count).